The van der Waals surface area contributed by atoms with Crippen LogP contribution in [-0.2, 0) is 94.8 Å². The molecule has 564 valence electrons. The van der Waals surface area contributed by atoms with Crippen LogP contribution in [0.15, 0.2) is 266 Å². The van der Waals surface area contributed by atoms with E-state index in [2.05, 4.69) is 242 Å². The van der Waals surface area contributed by atoms with Crippen molar-refractivity contribution in [1.82, 2.24) is 19.9 Å². The summed E-state index contributed by atoms with van der Waals surface area (Å²) in [5, 5.41) is 29.9. The van der Waals surface area contributed by atoms with Crippen LogP contribution in [0.1, 0.15) is 72.9 Å². The number of aromatic nitrogens is 4. The van der Waals surface area contributed by atoms with Gasteiger partial charge in [0.25, 0.3) is 0 Å². The smallest absolute Gasteiger partial charge is 0.155 e. The summed E-state index contributed by atoms with van der Waals surface area (Å²) in [5.74, 6) is -0.187. The van der Waals surface area contributed by atoms with E-state index in [0.717, 1.165) is 64.4 Å². The van der Waals surface area contributed by atoms with Gasteiger partial charge in [0.2, 0.25) is 0 Å². The first-order valence-corrected chi connectivity index (χ1v) is 37.0. The van der Waals surface area contributed by atoms with Gasteiger partial charge in [-0.3, -0.25) is 14.4 Å². The Hall–Kier alpha value is -8.79. The molecule has 109 heavy (non-hydrogen) atoms. The number of rotatable bonds is 10. The van der Waals surface area contributed by atoms with Gasteiger partial charge in [-0.05, 0) is 137 Å². The van der Waals surface area contributed by atoms with Crippen molar-refractivity contribution < 1.29 is 110 Å². The number of benzene rings is 7. The van der Waals surface area contributed by atoms with E-state index in [9.17, 15) is 14.4 Å². The number of nitrogens with zero attached hydrogens (tertiary/aromatic N) is 4. The fourth-order valence-corrected chi connectivity index (χ4v) is 14.2. The van der Waals surface area contributed by atoms with Gasteiger partial charge in [-0.25, -0.2) is 45.3 Å². The summed E-state index contributed by atoms with van der Waals surface area (Å²) < 4.78 is 0. The number of carbonyl (C=O) groups is 3. The molecule has 4 radical (unpaired) electrons. The summed E-state index contributed by atoms with van der Waals surface area (Å²) in [6.07, 6.45) is 3.50. The molecule has 8 heterocycles. The minimum absolute atomic E-state index is 0. The van der Waals surface area contributed by atoms with Crippen molar-refractivity contribution >= 4 is 106 Å². The number of aliphatic hydroxyl groups excluding tert-OH is 3. The van der Waals surface area contributed by atoms with Crippen LogP contribution in [0.25, 0.3) is 119 Å². The second kappa shape index (κ2) is 44.8. The molecule has 15 rings (SSSR count). The first-order valence-electron chi connectivity index (χ1n) is 33.8. The number of para-hydroxylation sites is 3. The van der Waals surface area contributed by atoms with Crippen LogP contribution in [0, 0.1) is 65.8 Å². The molecule has 15 aromatic rings. The predicted octanol–water partition coefficient (Wildman–Crippen LogP) is 25.0. The maximum absolute atomic E-state index is 10.0. The summed E-state index contributed by atoms with van der Waals surface area (Å²) >= 11 is 6.95. The van der Waals surface area contributed by atoms with Crippen molar-refractivity contribution in [1.29, 1.82) is 0 Å². The predicted molar refractivity (Wildman–Crippen MR) is 441 cm³/mol. The average molecular weight is 2220 g/mol. The molecule has 18 heteroatoms. The fraction of sp³-hybridized carbons (Fsp3) is 0.132. The molecule has 0 fully saturated rings. The Labute approximate surface area is 709 Å². The zero-order valence-corrected chi connectivity index (χ0v) is 74.8. The second-order valence-corrected chi connectivity index (χ2v) is 29.5. The maximum Gasteiger partial charge on any atom is 0.155 e. The molecule has 0 aliphatic heterocycles. The minimum Gasteiger partial charge on any atom is -0.512 e. The zero-order valence-electron chi connectivity index (χ0n) is 62.0. The van der Waals surface area contributed by atoms with Gasteiger partial charge in [-0.1, -0.05) is 258 Å². The van der Waals surface area contributed by atoms with E-state index in [1.165, 1.54) is 145 Å². The number of aliphatic hydroxyl groups is 3. The number of hydrogen-bond donors (Lipinski definition) is 3. The number of hydrogen-bond acceptors (Lipinski definition) is 14. The zero-order chi connectivity index (χ0) is 75.1. The van der Waals surface area contributed by atoms with Gasteiger partial charge in [0.05, 0.1) is 39.3 Å². The Morgan fingerprint density at radius 3 is 0.954 bits per heavy atom. The minimum atomic E-state index is -0.125. The van der Waals surface area contributed by atoms with Crippen LogP contribution in [0.2, 0.25) is 0 Å². The first kappa shape index (κ1) is 90.8. The van der Waals surface area contributed by atoms with E-state index in [1.807, 2.05) is 54.6 Å². The second-order valence-electron chi connectivity index (χ2n) is 24.7. The quantitative estimate of drug-likeness (QED) is 0.0682. The molecule has 0 atom stereocenters. The van der Waals surface area contributed by atoms with Gasteiger partial charge in [-0.2, -0.15) is 48.5 Å². The van der Waals surface area contributed by atoms with Crippen molar-refractivity contribution in [2.24, 2.45) is 0 Å². The van der Waals surface area contributed by atoms with Crippen LogP contribution in [-0.4, -0.2) is 52.6 Å². The summed E-state index contributed by atoms with van der Waals surface area (Å²) in [6, 6.07) is 92.9. The van der Waals surface area contributed by atoms with Gasteiger partial charge >= 0.3 is 0 Å². The van der Waals surface area contributed by atoms with Crippen molar-refractivity contribution in [2.75, 3.05) is 0 Å². The standard InChI is InChI=1S/C21H16NS.2C20H14NS.C15H12NS.3C5H8O2.4Ir/c1-14-8-10-17-18(16-6-4-3-5-7-16)13-20(22-19(17)12-14)21-11-9-15(2)23-21;1-14-13-18(21-17-10-6-5-9-16(14)17)20-12-11-19(22-20)15-7-3-2-4-8-15;1-14-11-12-20(22-14)19-13-17(15-7-3-2-4-8-15)16-9-5-6-10-18(16)21-19;1-10-9-14(15-8-7-11(2)17-15)16-13-6-4-3-5-12(10)13;3*1-4(6)3-5(2)7;;;;/h3-10,12-13H,1-2H3;2*2-11,13H,1H3;3-7,9H,1-2H3;3*3,6H,1-2H3;;;;/q4*-1;;;;;;;. The summed E-state index contributed by atoms with van der Waals surface area (Å²) in [7, 11) is 0. The Morgan fingerprint density at radius 1 is 0.321 bits per heavy atom. The molecular weight excluding hydrogens is 2140 g/mol. The third kappa shape index (κ3) is 27.3. The van der Waals surface area contributed by atoms with Crippen molar-refractivity contribution in [3.05, 3.63) is 322 Å². The largest absolute Gasteiger partial charge is 0.512 e. The molecule has 0 saturated heterocycles. The van der Waals surface area contributed by atoms with E-state index in [1.54, 1.807) is 45.3 Å². The van der Waals surface area contributed by atoms with E-state index in [0.29, 0.717) is 0 Å². The third-order valence-electron chi connectivity index (χ3n) is 15.5. The van der Waals surface area contributed by atoms with Crippen LogP contribution in [0.4, 0.5) is 0 Å². The topological polar surface area (TPSA) is 163 Å². The molecule has 0 aliphatic carbocycles. The molecule has 8 aromatic heterocycles. The molecule has 10 nitrogen and oxygen atoms in total. The Morgan fingerprint density at radius 2 is 0.615 bits per heavy atom. The van der Waals surface area contributed by atoms with E-state index < -0.39 is 0 Å². The number of fused-ring (bicyclic) bond motifs is 4. The third-order valence-corrected chi connectivity index (χ3v) is 19.5. The van der Waals surface area contributed by atoms with E-state index >= 15 is 0 Å². The molecular formula is C91H80Ir4N4O6S4-4. The fourth-order valence-electron chi connectivity index (χ4n) is 11.0. The maximum atomic E-state index is 10.0. The Balaban J connectivity index is 0.000000237. The molecule has 7 aromatic carbocycles. The van der Waals surface area contributed by atoms with Crippen molar-refractivity contribution in [3.63, 3.8) is 0 Å². The van der Waals surface area contributed by atoms with Crippen LogP contribution >= 0.6 is 45.3 Å². The monoisotopic (exact) mass is 2220 g/mol. The molecule has 3 N–H and O–H groups in total. The first-order chi connectivity index (χ1) is 50.4. The molecule has 0 spiro atoms. The van der Waals surface area contributed by atoms with Gasteiger partial charge in [0, 0.05) is 120 Å². The van der Waals surface area contributed by atoms with Crippen LogP contribution < -0.4 is 0 Å². The van der Waals surface area contributed by atoms with E-state index in [-0.39, 0.29) is 115 Å². The summed E-state index contributed by atoms with van der Waals surface area (Å²) in [6.45, 7) is 21.2. The van der Waals surface area contributed by atoms with Gasteiger partial charge in [0.15, 0.2) is 17.3 Å². The normalized spacial score (nSPS) is 10.7. The van der Waals surface area contributed by atoms with Crippen LogP contribution in [0.3, 0.4) is 0 Å². The van der Waals surface area contributed by atoms with Gasteiger partial charge in [-0.15, -0.1) is 0 Å². The Kier molecular flexibility index (Phi) is 37.3. The summed E-state index contributed by atoms with van der Waals surface area (Å²) in [5.41, 5.74) is 18.1. The number of thiophene rings is 4. The number of allylic oxidation sites excluding steroid dienone is 6. The average Bonchev–Trinajstić information content (AvgIpc) is 1.30. The molecule has 0 aliphatic rings. The molecule has 0 bridgehead atoms. The van der Waals surface area contributed by atoms with Gasteiger partial charge in [0.1, 0.15) is 0 Å². The number of ketones is 3. The SMILES string of the molecule is CC(=O)C=C(C)O.CC(=O)C=C(C)O.CC(=O)C=C(C)O.Cc1c[c-]c(-c2cc(-c3ccccc3)c3ccccc3n2)s1.Cc1c[c-]c(-c2cc(C)c3ccccc3n2)s1.Cc1cc(-c2[c-]cc(-c3ccccc3)s2)nc2ccccc12.Cc1ccc2c(-c3ccccc3)cc(-c3[c-]cc(C)s3)nc2c1.[Ir].[Ir].[Ir].[Ir]. The van der Waals surface area contributed by atoms with Gasteiger partial charge < -0.3 is 35.3 Å². The molecule has 0 amide bonds. The van der Waals surface area contributed by atoms with Crippen molar-refractivity contribution in [2.45, 2.75) is 83.1 Å². The molecule has 0 saturated carbocycles. The summed E-state index contributed by atoms with van der Waals surface area (Å²) in [4.78, 5) is 58.7. The number of aryl methyl sites for hydroxylation is 6. The van der Waals surface area contributed by atoms with Crippen LogP contribution in [0.5, 0.6) is 0 Å². The Bertz CT molecular complexity index is 5520. The van der Waals surface area contributed by atoms with Crippen molar-refractivity contribution in [3.8, 4) is 75.0 Å². The molecule has 0 unspecified atom stereocenters. The number of pyridine rings is 4. The number of carbonyl (C=O) groups excluding carboxylic acids is 3. The van der Waals surface area contributed by atoms with E-state index in [4.69, 9.17) is 35.3 Å².